The van der Waals surface area contributed by atoms with Crippen LogP contribution in [0.2, 0.25) is 0 Å². The van der Waals surface area contributed by atoms with Crippen molar-refractivity contribution in [3.05, 3.63) is 35.9 Å². The normalized spacial score (nSPS) is 19.2. The van der Waals surface area contributed by atoms with E-state index < -0.39 is 11.4 Å². The molecule has 0 heterocycles. The standard InChI is InChI=1S/C15H20O2/c1-14(2,12-8-4-3-5-9-12)15(13(16)17)10-6-7-11-15/h3-5,8-9H,6-7,10-11H2,1-2H3,(H,16,17). The van der Waals surface area contributed by atoms with Crippen molar-refractivity contribution in [3.8, 4) is 0 Å². The molecular weight excluding hydrogens is 212 g/mol. The summed E-state index contributed by atoms with van der Waals surface area (Å²) in [7, 11) is 0. The molecule has 2 rings (SSSR count). The van der Waals surface area contributed by atoms with E-state index >= 15 is 0 Å². The van der Waals surface area contributed by atoms with Gasteiger partial charge in [0.05, 0.1) is 5.41 Å². The third-order valence-corrected chi connectivity index (χ3v) is 4.56. The van der Waals surface area contributed by atoms with Gasteiger partial charge in [0.15, 0.2) is 0 Å². The first-order chi connectivity index (χ1) is 8.01. The average molecular weight is 232 g/mol. The minimum atomic E-state index is -0.635. The molecule has 1 aliphatic rings. The molecule has 0 aliphatic heterocycles. The number of aliphatic carboxylic acids is 1. The molecule has 0 unspecified atom stereocenters. The molecule has 1 N–H and O–H groups in total. The Kier molecular flexibility index (Phi) is 2.98. The number of carboxylic acid groups (broad SMARTS) is 1. The molecule has 1 aromatic carbocycles. The monoisotopic (exact) mass is 232 g/mol. The van der Waals surface area contributed by atoms with Crippen molar-refractivity contribution in [2.45, 2.75) is 44.9 Å². The maximum atomic E-state index is 11.7. The zero-order valence-corrected chi connectivity index (χ0v) is 10.6. The van der Waals surface area contributed by atoms with Crippen molar-refractivity contribution >= 4 is 5.97 Å². The fourth-order valence-electron chi connectivity index (χ4n) is 3.22. The van der Waals surface area contributed by atoms with Crippen LogP contribution in [0, 0.1) is 5.41 Å². The molecule has 0 saturated heterocycles. The third kappa shape index (κ3) is 1.76. The number of carbonyl (C=O) groups is 1. The summed E-state index contributed by atoms with van der Waals surface area (Å²) in [4.78, 5) is 11.7. The summed E-state index contributed by atoms with van der Waals surface area (Å²) in [5, 5.41) is 9.66. The maximum Gasteiger partial charge on any atom is 0.310 e. The molecule has 0 radical (unpaired) electrons. The van der Waals surface area contributed by atoms with Gasteiger partial charge in [0, 0.05) is 5.41 Å². The summed E-state index contributed by atoms with van der Waals surface area (Å²) in [6.07, 6.45) is 3.65. The Hall–Kier alpha value is -1.31. The van der Waals surface area contributed by atoms with E-state index in [1.807, 2.05) is 30.3 Å². The lowest BCUT2D eigenvalue weighted by molar-refractivity contribution is -0.153. The van der Waals surface area contributed by atoms with Gasteiger partial charge in [-0.1, -0.05) is 57.0 Å². The molecule has 0 amide bonds. The average Bonchev–Trinajstić information content (AvgIpc) is 2.81. The first kappa shape index (κ1) is 12.2. The Morgan fingerprint density at radius 2 is 1.71 bits per heavy atom. The van der Waals surface area contributed by atoms with Crippen LogP contribution in [0.15, 0.2) is 30.3 Å². The van der Waals surface area contributed by atoms with Crippen molar-refractivity contribution in [1.82, 2.24) is 0 Å². The van der Waals surface area contributed by atoms with Crippen LogP contribution in [0.3, 0.4) is 0 Å². The second-order valence-electron chi connectivity index (χ2n) is 5.59. The molecule has 1 fully saturated rings. The van der Waals surface area contributed by atoms with Gasteiger partial charge >= 0.3 is 5.97 Å². The Morgan fingerprint density at radius 1 is 1.18 bits per heavy atom. The Morgan fingerprint density at radius 3 is 2.18 bits per heavy atom. The van der Waals surface area contributed by atoms with Gasteiger partial charge in [0.25, 0.3) is 0 Å². The molecule has 0 spiro atoms. The van der Waals surface area contributed by atoms with Crippen LogP contribution >= 0.6 is 0 Å². The van der Waals surface area contributed by atoms with Gasteiger partial charge in [-0.15, -0.1) is 0 Å². The van der Waals surface area contributed by atoms with Gasteiger partial charge in [-0.25, -0.2) is 0 Å². The van der Waals surface area contributed by atoms with E-state index in [0.29, 0.717) is 0 Å². The fraction of sp³-hybridized carbons (Fsp3) is 0.533. The minimum Gasteiger partial charge on any atom is -0.481 e. The summed E-state index contributed by atoms with van der Waals surface area (Å²) in [5.74, 6) is -0.635. The largest absolute Gasteiger partial charge is 0.481 e. The Balaban J connectivity index is 2.46. The lowest BCUT2D eigenvalue weighted by Gasteiger charge is -2.41. The summed E-state index contributed by atoms with van der Waals surface area (Å²) < 4.78 is 0. The van der Waals surface area contributed by atoms with Crippen molar-refractivity contribution in [3.63, 3.8) is 0 Å². The Labute approximate surface area is 103 Å². The predicted molar refractivity (Wildman–Crippen MR) is 68.0 cm³/mol. The first-order valence-corrected chi connectivity index (χ1v) is 6.30. The van der Waals surface area contributed by atoms with E-state index in [1.54, 1.807) is 0 Å². The number of benzene rings is 1. The van der Waals surface area contributed by atoms with Crippen LogP contribution in [0.5, 0.6) is 0 Å². The third-order valence-electron chi connectivity index (χ3n) is 4.56. The highest BCUT2D eigenvalue weighted by Crippen LogP contribution is 2.52. The maximum absolute atomic E-state index is 11.7. The molecule has 0 bridgehead atoms. The van der Waals surface area contributed by atoms with Crippen LogP contribution in [0.25, 0.3) is 0 Å². The van der Waals surface area contributed by atoms with Crippen molar-refractivity contribution in [2.24, 2.45) is 5.41 Å². The van der Waals surface area contributed by atoms with Crippen LogP contribution in [0.1, 0.15) is 45.1 Å². The number of hydrogen-bond donors (Lipinski definition) is 1. The van der Waals surface area contributed by atoms with E-state index in [0.717, 1.165) is 31.2 Å². The first-order valence-electron chi connectivity index (χ1n) is 6.30. The number of carboxylic acids is 1. The molecule has 17 heavy (non-hydrogen) atoms. The minimum absolute atomic E-state index is 0.309. The molecule has 2 nitrogen and oxygen atoms in total. The molecule has 1 aliphatic carbocycles. The topological polar surface area (TPSA) is 37.3 Å². The molecular formula is C15H20O2. The van der Waals surface area contributed by atoms with E-state index in [9.17, 15) is 9.90 Å². The summed E-state index contributed by atoms with van der Waals surface area (Å²) in [6.45, 7) is 4.14. The van der Waals surface area contributed by atoms with Crippen LogP contribution in [-0.4, -0.2) is 11.1 Å². The van der Waals surface area contributed by atoms with Gasteiger partial charge < -0.3 is 5.11 Å². The fourth-order valence-corrected chi connectivity index (χ4v) is 3.22. The van der Waals surface area contributed by atoms with E-state index in [4.69, 9.17) is 0 Å². The highest BCUT2D eigenvalue weighted by molar-refractivity contribution is 5.77. The Bertz CT molecular complexity index is 400. The van der Waals surface area contributed by atoms with Gasteiger partial charge in [0.1, 0.15) is 0 Å². The van der Waals surface area contributed by atoms with Crippen molar-refractivity contribution in [2.75, 3.05) is 0 Å². The molecule has 0 aromatic heterocycles. The van der Waals surface area contributed by atoms with Gasteiger partial charge in [-0.2, -0.15) is 0 Å². The van der Waals surface area contributed by atoms with Crippen LogP contribution in [0.4, 0.5) is 0 Å². The predicted octanol–water partition coefficient (Wildman–Crippen LogP) is 3.61. The quantitative estimate of drug-likeness (QED) is 0.864. The van der Waals surface area contributed by atoms with E-state index in [-0.39, 0.29) is 5.41 Å². The summed E-state index contributed by atoms with van der Waals surface area (Å²) in [5.41, 5.74) is 0.231. The number of rotatable bonds is 3. The molecule has 2 heteroatoms. The SMILES string of the molecule is CC(C)(c1ccccc1)C1(C(=O)O)CCCC1. The molecule has 1 aromatic rings. The number of hydrogen-bond acceptors (Lipinski definition) is 1. The second-order valence-corrected chi connectivity index (χ2v) is 5.59. The van der Waals surface area contributed by atoms with Crippen LogP contribution < -0.4 is 0 Å². The summed E-state index contributed by atoms with van der Waals surface area (Å²) >= 11 is 0. The van der Waals surface area contributed by atoms with E-state index in [2.05, 4.69) is 13.8 Å². The van der Waals surface area contributed by atoms with Gasteiger partial charge in [0.2, 0.25) is 0 Å². The highest BCUT2D eigenvalue weighted by Gasteiger charge is 2.53. The molecule has 1 saturated carbocycles. The van der Waals surface area contributed by atoms with Crippen molar-refractivity contribution in [1.29, 1.82) is 0 Å². The zero-order chi connectivity index (χ0) is 12.5. The smallest absolute Gasteiger partial charge is 0.310 e. The molecule has 92 valence electrons. The van der Waals surface area contributed by atoms with Gasteiger partial charge in [-0.05, 0) is 18.4 Å². The van der Waals surface area contributed by atoms with E-state index in [1.165, 1.54) is 0 Å². The highest BCUT2D eigenvalue weighted by atomic mass is 16.4. The lowest BCUT2D eigenvalue weighted by Crippen LogP contribution is -2.45. The van der Waals surface area contributed by atoms with Crippen LogP contribution in [-0.2, 0) is 10.2 Å². The second kappa shape index (κ2) is 4.17. The van der Waals surface area contributed by atoms with Crippen molar-refractivity contribution < 1.29 is 9.90 Å². The summed E-state index contributed by atoms with van der Waals surface area (Å²) in [6, 6.07) is 10.0. The lowest BCUT2D eigenvalue weighted by atomic mass is 9.61. The zero-order valence-electron chi connectivity index (χ0n) is 10.6. The molecule has 0 atom stereocenters. The van der Waals surface area contributed by atoms with Gasteiger partial charge in [-0.3, -0.25) is 4.79 Å².